The van der Waals surface area contributed by atoms with E-state index in [0.717, 1.165) is 24.0 Å². The Hall–Kier alpha value is -2.69. The molecule has 0 aliphatic carbocycles. The third-order valence-corrected chi connectivity index (χ3v) is 4.32. The van der Waals surface area contributed by atoms with Gasteiger partial charge in [0.2, 0.25) is 0 Å². The molecule has 0 atom stereocenters. The Morgan fingerprint density at radius 3 is 2.46 bits per heavy atom. The summed E-state index contributed by atoms with van der Waals surface area (Å²) in [6, 6.07) is 11.2. The fourth-order valence-electron chi connectivity index (χ4n) is 2.96. The number of rotatable bonds is 3. The maximum atomic E-state index is 12.5. The van der Waals surface area contributed by atoms with Crippen molar-refractivity contribution in [3.05, 3.63) is 65.5 Å². The number of piperidine rings is 1. The molecule has 0 bridgehead atoms. The van der Waals surface area contributed by atoms with Crippen molar-refractivity contribution < 1.29 is 9.59 Å². The molecule has 2 heterocycles. The van der Waals surface area contributed by atoms with Gasteiger partial charge in [0.1, 0.15) is 0 Å². The molecule has 1 N–H and O–H groups in total. The average molecular weight is 323 g/mol. The first kappa shape index (κ1) is 16.2. The predicted molar refractivity (Wildman–Crippen MR) is 91.8 cm³/mol. The molecule has 3 rings (SSSR count). The number of hydrogen-bond acceptors (Lipinski definition) is 3. The molecule has 0 saturated carbocycles. The maximum absolute atomic E-state index is 12.5. The first-order valence-electron chi connectivity index (χ1n) is 8.20. The molecule has 24 heavy (non-hydrogen) atoms. The van der Waals surface area contributed by atoms with Crippen LogP contribution in [0.5, 0.6) is 0 Å². The summed E-state index contributed by atoms with van der Waals surface area (Å²) in [5, 5.41) is 3.04. The number of amides is 2. The van der Waals surface area contributed by atoms with E-state index in [2.05, 4.69) is 10.3 Å². The normalized spacial score (nSPS) is 15.1. The van der Waals surface area contributed by atoms with E-state index in [-0.39, 0.29) is 17.9 Å². The number of aromatic nitrogens is 1. The van der Waals surface area contributed by atoms with E-state index >= 15 is 0 Å². The molecular formula is C19H21N3O2. The highest BCUT2D eigenvalue weighted by atomic mass is 16.2. The van der Waals surface area contributed by atoms with Gasteiger partial charge in [-0.15, -0.1) is 0 Å². The van der Waals surface area contributed by atoms with Crippen LogP contribution in [0.2, 0.25) is 0 Å². The van der Waals surface area contributed by atoms with Crippen LogP contribution in [0.15, 0.2) is 48.8 Å². The number of carbonyl (C=O) groups excluding carboxylic acids is 2. The first-order chi connectivity index (χ1) is 11.6. The number of nitrogens with one attached hydrogen (secondary N) is 1. The molecule has 1 aliphatic rings. The predicted octanol–water partition coefficient (Wildman–Crippen LogP) is 2.42. The highest BCUT2D eigenvalue weighted by Gasteiger charge is 2.24. The highest BCUT2D eigenvalue weighted by Crippen LogP contribution is 2.15. The van der Waals surface area contributed by atoms with E-state index in [0.29, 0.717) is 18.7 Å². The van der Waals surface area contributed by atoms with Gasteiger partial charge in [0.25, 0.3) is 11.8 Å². The SMILES string of the molecule is Cc1cccc(C(=O)N2CCC(NC(=O)c3ccncc3)CC2)c1. The van der Waals surface area contributed by atoms with Crippen molar-refractivity contribution in [3.8, 4) is 0 Å². The molecule has 2 aromatic rings. The first-order valence-corrected chi connectivity index (χ1v) is 8.20. The quantitative estimate of drug-likeness (QED) is 0.943. The molecule has 0 spiro atoms. The molecule has 5 heteroatoms. The number of aryl methyl sites for hydroxylation is 1. The summed E-state index contributed by atoms with van der Waals surface area (Å²) in [6.45, 7) is 3.31. The second kappa shape index (κ2) is 7.25. The summed E-state index contributed by atoms with van der Waals surface area (Å²) < 4.78 is 0. The molecule has 1 aromatic heterocycles. The zero-order valence-electron chi connectivity index (χ0n) is 13.7. The van der Waals surface area contributed by atoms with Gasteiger partial charge in [-0.05, 0) is 44.0 Å². The lowest BCUT2D eigenvalue weighted by atomic mass is 10.0. The smallest absolute Gasteiger partial charge is 0.253 e. The van der Waals surface area contributed by atoms with Crippen molar-refractivity contribution >= 4 is 11.8 Å². The Kier molecular flexibility index (Phi) is 4.89. The number of hydrogen-bond donors (Lipinski definition) is 1. The zero-order chi connectivity index (χ0) is 16.9. The number of pyridine rings is 1. The van der Waals surface area contributed by atoms with Gasteiger partial charge in [-0.3, -0.25) is 14.6 Å². The molecule has 1 fully saturated rings. The average Bonchev–Trinajstić information content (AvgIpc) is 2.62. The number of carbonyl (C=O) groups is 2. The van der Waals surface area contributed by atoms with Crippen molar-refractivity contribution in [2.75, 3.05) is 13.1 Å². The summed E-state index contributed by atoms with van der Waals surface area (Å²) in [4.78, 5) is 30.5. The van der Waals surface area contributed by atoms with Gasteiger partial charge in [-0.1, -0.05) is 17.7 Å². The van der Waals surface area contributed by atoms with E-state index in [4.69, 9.17) is 0 Å². The van der Waals surface area contributed by atoms with Gasteiger partial charge in [0.05, 0.1) is 0 Å². The fraction of sp³-hybridized carbons (Fsp3) is 0.316. The van der Waals surface area contributed by atoms with Gasteiger partial charge in [-0.25, -0.2) is 0 Å². The lowest BCUT2D eigenvalue weighted by Gasteiger charge is -2.32. The Morgan fingerprint density at radius 2 is 1.79 bits per heavy atom. The summed E-state index contributed by atoms with van der Waals surface area (Å²) in [6.07, 6.45) is 4.76. The van der Waals surface area contributed by atoms with Crippen molar-refractivity contribution in [1.29, 1.82) is 0 Å². The second-order valence-corrected chi connectivity index (χ2v) is 6.15. The maximum Gasteiger partial charge on any atom is 0.253 e. The minimum atomic E-state index is -0.0825. The van der Waals surface area contributed by atoms with Crippen molar-refractivity contribution in [2.45, 2.75) is 25.8 Å². The molecule has 1 aromatic carbocycles. The lowest BCUT2D eigenvalue weighted by Crippen LogP contribution is -2.46. The van der Waals surface area contributed by atoms with Crippen LogP contribution >= 0.6 is 0 Å². The number of likely N-dealkylation sites (tertiary alicyclic amines) is 1. The molecule has 0 radical (unpaired) electrons. The molecule has 5 nitrogen and oxygen atoms in total. The lowest BCUT2D eigenvalue weighted by molar-refractivity contribution is 0.0698. The number of nitrogens with zero attached hydrogens (tertiary/aromatic N) is 2. The molecule has 0 unspecified atom stereocenters. The Morgan fingerprint density at radius 1 is 1.08 bits per heavy atom. The van der Waals surface area contributed by atoms with Crippen LogP contribution in [0.4, 0.5) is 0 Å². The highest BCUT2D eigenvalue weighted by molar-refractivity contribution is 5.95. The third-order valence-electron chi connectivity index (χ3n) is 4.32. The van der Waals surface area contributed by atoms with Gasteiger partial charge in [-0.2, -0.15) is 0 Å². The van der Waals surface area contributed by atoms with E-state index in [9.17, 15) is 9.59 Å². The summed E-state index contributed by atoms with van der Waals surface area (Å²) >= 11 is 0. The van der Waals surface area contributed by atoms with Crippen LogP contribution in [0.25, 0.3) is 0 Å². The van der Waals surface area contributed by atoms with Crippen LogP contribution < -0.4 is 5.32 Å². The molecule has 2 amide bonds. The Bertz CT molecular complexity index is 722. The largest absolute Gasteiger partial charge is 0.349 e. The topological polar surface area (TPSA) is 62.3 Å². The van der Waals surface area contributed by atoms with Crippen molar-refractivity contribution in [1.82, 2.24) is 15.2 Å². The zero-order valence-corrected chi connectivity index (χ0v) is 13.7. The van der Waals surface area contributed by atoms with Crippen LogP contribution in [0.3, 0.4) is 0 Å². The van der Waals surface area contributed by atoms with Gasteiger partial charge in [0.15, 0.2) is 0 Å². The van der Waals surface area contributed by atoms with Crippen molar-refractivity contribution in [2.24, 2.45) is 0 Å². The van der Waals surface area contributed by atoms with Gasteiger partial charge >= 0.3 is 0 Å². The monoisotopic (exact) mass is 323 g/mol. The van der Waals surface area contributed by atoms with E-state index < -0.39 is 0 Å². The van der Waals surface area contributed by atoms with E-state index in [1.165, 1.54) is 0 Å². The van der Waals surface area contributed by atoms with Crippen LogP contribution in [0, 0.1) is 6.92 Å². The minimum Gasteiger partial charge on any atom is -0.349 e. The second-order valence-electron chi connectivity index (χ2n) is 6.15. The minimum absolute atomic E-state index is 0.0672. The standard InChI is InChI=1S/C19H21N3O2/c1-14-3-2-4-16(13-14)19(24)22-11-7-17(8-12-22)21-18(23)15-5-9-20-10-6-15/h2-6,9-10,13,17H,7-8,11-12H2,1H3,(H,21,23). The summed E-state index contributed by atoms with van der Waals surface area (Å²) in [5.74, 6) is -0.0153. The van der Waals surface area contributed by atoms with E-state index in [1.807, 2.05) is 36.1 Å². The fourth-order valence-corrected chi connectivity index (χ4v) is 2.96. The van der Waals surface area contributed by atoms with E-state index in [1.54, 1.807) is 24.5 Å². The van der Waals surface area contributed by atoms with Gasteiger partial charge in [0, 0.05) is 42.7 Å². The molecule has 1 saturated heterocycles. The Balaban J connectivity index is 1.54. The van der Waals surface area contributed by atoms with Gasteiger partial charge < -0.3 is 10.2 Å². The van der Waals surface area contributed by atoms with Crippen LogP contribution in [-0.2, 0) is 0 Å². The molecule has 124 valence electrons. The molecule has 1 aliphatic heterocycles. The molecular weight excluding hydrogens is 302 g/mol. The van der Waals surface area contributed by atoms with Crippen LogP contribution in [-0.4, -0.2) is 40.8 Å². The summed E-state index contributed by atoms with van der Waals surface area (Å²) in [7, 11) is 0. The van der Waals surface area contributed by atoms with Crippen LogP contribution in [0.1, 0.15) is 39.1 Å². The third kappa shape index (κ3) is 3.79. The van der Waals surface area contributed by atoms with Crippen molar-refractivity contribution in [3.63, 3.8) is 0 Å². The summed E-state index contributed by atoms with van der Waals surface area (Å²) in [5.41, 5.74) is 2.43. The number of benzene rings is 1. The Labute approximate surface area is 141 Å².